The molecule has 1 rings (SSSR count). The first kappa shape index (κ1) is 11.2. The lowest BCUT2D eigenvalue weighted by atomic mass is 9.93. The first-order valence-electron chi connectivity index (χ1n) is 4.92. The predicted octanol–water partition coefficient (Wildman–Crippen LogP) is 2.78. The van der Waals surface area contributed by atoms with Crippen LogP contribution in [0.5, 0.6) is 0 Å². The topological polar surface area (TPSA) is 26.0 Å². The monoisotopic (exact) mass is 195 g/mol. The summed E-state index contributed by atoms with van der Waals surface area (Å²) in [6, 6.07) is 7.83. The standard InChI is InChI=1S/C12H18FN/c1-9(13)7-10-5-4-6-11(8-10)12(2,3)14/h4-6,8-9H,7,14H2,1-3H3. The molecule has 0 spiro atoms. The van der Waals surface area contributed by atoms with E-state index in [9.17, 15) is 4.39 Å². The Morgan fingerprint density at radius 1 is 1.43 bits per heavy atom. The number of alkyl halides is 1. The van der Waals surface area contributed by atoms with Crippen LogP contribution in [0.1, 0.15) is 31.9 Å². The summed E-state index contributed by atoms with van der Waals surface area (Å²) in [5.74, 6) is 0. The highest BCUT2D eigenvalue weighted by Gasteiger charge is 2.14. The highest BCUT2D eigenvalue weighted by atomic mass is 19.1. The maximum atomic E-state index is 12.8. The van der Waals surface area contributed by atoms with E-state index in [2.05, 4.69) is 0 Å². The van der Waals surface area contributed by atoms with Gasteiger partial charge in [0.1, 0.15) is 6.17 Å². The molecule has 1 unspecified atom stereocenters. The van der Waals surface area contributed by atoms with Crippen molar-refractivity contribution in [1.29, 1.82) is 0 Å². The molecule has 1 atom stereocenters. The van der Waals surface area contributed by atoms with Crippen molar-refractivity contribution in [3.05, 3.63) is 35.4 Å². The minimum absolute atomic E-state index is 0.352. The maximum Gasteiger partial charge on any atom is 0.101 e. The quantitative estimate of drug-likeness (QED) is 0.788. The van der Waals surface area contributed by atoms with E-state index in [1.54, 1.807) is 6.92 Å². The highest BCUT2D eigenvalue weighted by molar-refractivity contribution is 5.28. The van der Waals surface area contributed by atoms with E-state index in [1.165, 1.54) is 0 Å². The SMILES string of the molecule is CC(F)Cc1cccc(C(C)(C)N)c1. The van der Waals surface area contributed by atoms with E-state index in [-0.39, 0.29) is 5.54 Å². The van der Waals surface area contributed by atoms with Gasteiger partial charge in [0.05, 0.1) is 0 Å². The van der Waals surface area contributed by atoms with Crippen LogP contribution in [0, 0.1) is 0 Å². The average Bonchev–Trinajstić information content (AvgIpc) is 2.01. The van der Waals surface area contributed by atoms with Gasteiger partial charge < -0.3 is 5.73 Å². The Morgan fingerprint density at radius 2 is 2.07 bits per heavy atom. The minimum Gasteiger partial charge on any atom is -0.322 e. The van der Waals surface area contributed by atoms with Crippen molar-refractivity contribution in [2.75, 3.05) is 0 Å². The molecule has 0 aliphatic rings. The van der Waals surface area contributed by atoms with Gasteiger partial charge in [-0.25, -0.2) is 4.39 Å². The van der Waals surface area contributed by atoms with Crippen molar-refractivity contribution in [2.45, 2.75) is 38.9 Å². The van der Waals surface area contributed by atoms with E-state index in [0.29, 0.717) is 6.42 Å². The second kappa shape index (κ2) is 4.09. The first-order valence-corrected chi connectivity index (χ1v) is 4.92. The number of hydrogen-bond donors (Lipinski definition) is 1. The molecule has 1 nitrogen and oxygen atoms in total. The summed E-state index contributed by atoms with van der Waals surface area (Å²) in [5, 5.41) is 0. The Bertz CT molecular complexity index is 299. The molecule has 1 aromatic rings. The van der Waals surface area contributed by atoms with Gasteiger partial charge in [0.15, 0.2) is 0 Å². The molecule has 2 N–H and O–H groups in total. The molecule has 0 amide bonds. The lowest BCUT2D eigenvalue weighted by Crippen LogP contribution is -2.28. The lowest BCUT2D eigenvalue weighted by Gasteiger charge is -2.20. The van der Waals surface area contributed by atoms with Gasteiger partial charge in [-0.05, 0) is 31.9 Å². The number of benzene rings is 1. The fourth-order valence-corrected chi connectivity index (χ4v) is 1.42. The van der Waals surface area contributed by atoms with E-state index in [4.69, 9.17) is 5.73 Å². The van der Waals surface area contributed by atoms with Gasteiger partial charge in [-0.3, -0.25) is 0 Å². The predicted molar refractivity (Wildman–Crippen MR) is 57.9 cm³/mol. The van der Waals surface area contributed by atoms with Gasteiger partial charge >= 0.3 is 0 Å². The Balaban J connectivity index is 2.90. The molecule has 0 fully saturated rings. The van der Waals surface area contributed by atoms with E-state index < -0.39 is 6.17 Å². The van der Waals surface area contributed by atoms with Crippen LogP contribution in [0.15, 0.2) is 24.3 Å². The number of rotatable bonds is 3. The van der Waals surface area contributed by atoms with Crippen molar-refractivity contribution < 1.29 is 4.39 Å². The molecule has 0 bridgehead atoms. The highest BCUT2D eigenvalue weighted by Crippen LogP contribution is 2.18. The second-order valence-electron chi connectivity index (χ2n) is 4.41. The molecule has 0 aliphatic carbocycles. The van der Waals surface area contributed by atoms with Crippen molar-refractivity contribution in [3.8, 4) is 0 Å². The largest absolute Gasteiger partial charge is 0.322 e. The van der Waals surface area contributed by atoms with Crippen LogP contribution < -0.4 is 5.73 Å². The minimum atomic E-state index is -0.800. The molecular formula is C12H18FN. The molecule has 14 heavy (non-hydrogen) atoms. The van der Waals surface area contributed by atoms with E-state index >= 15 is 0 Å². The van der Waals surface area contributed by atoms with Gasteiger partial charge in [0, 0.05) is 12.0 Å². The zero-order valence-corrected chi connectivity index (χ0v) is 9.05. The molecule has 0 aliphatic heterocycles. The third-order valence-electron chi connectivity index (χ3n) is 2.19. The summed E-state index contributed by atoms with van der Waals surface area (Å²) in [4.78, 5) is 0. The molecular weight excluding hydrogens is 177 g/mol. The van der Waals surface area contributed by atoms with Crippen LogP contribution in [-0.4, -0.2) is 6.17 Å². The first-order chi connectivity index (χ1) is 6.39. The summed E-state index contributed by atoms with van der Waals surface area (Å²) >= 11 is 0. The summed E-state index contributed by atoms with van der Waals surface area (Å²) in [5.41, 5.74) is 7.67. The number of halogens is 1. The van der Waals surface area contributed by atoms with Gasteiger partial charge in [0.2, 0.25) is 0 Å². The summed E-state index contributed by atoms with van der Waals surface area (Å²) in [6.07, 6.45) is -0.338. The van der Waals surface area contributed by atoms with Crippen LogP contribution in [0.3, 0.4) is 0 Å². The fourth-order valence-electron chi connectivity index (χ4n) is 1.42. The molecule has 2 heteroatoms. The van der Waals surface area contributed by atoms with Gasteiger partial charge in [0.25, 0.3) is 0 Å². The van der Waals surface area contributed by atoms with E-state index in [0.717, 1.165) is 11.1 Å². The smallest absolute Gasteiger partial charge is 0.101 e. The Morgan fingerprint density at radius 3 is 2.57 bits per heavy atom. The van der Waals surface area contributed by atoms with Gasteiger partial charge in [-0.2, -0.15) is 0 Å². The maximum absolute atomic E-state index is 12.8. The average molecular weight is 195 g/mol. The number of hydrogen-bond acceptors (Lipinski definition) is 1. The zero-order valence-electron chi connectivity index (χ0n) is 9.05. The van der Waals surface area contributed by atoms with Gasteiger partial charge in [-0.15, -0.1) is 0 Å². The third kappa shape index (κ3) is 3.11. The second-order valence-corrected chi connectivity index (χ2v) is 4.41. The Kier molecular flexibility index (Phi) is 3.27. The molecule has 0 saturated carbocycles. The van der Waals surface area contributed by atoms with Crippen LogP contribution in [0.2, 0.25) is 0 Å². The summed E-state index contributed by atoms with van der Waals surface area (Å²) < 4.78 is 12.8. The van der Waals surface area contributed by atoms with Gasteiger partial charge in [-0.1, -0.05) is 24.3 Å². The van der Waals surface area contributed by atoms with Crippen molar-refractivity contribution in [2.24, 2.45) is 5.73 Å². The third-order valence-corrected chi connectivity index (χ3v) is 2.19. The Labute approximate surface area is 85.1 Å². The molecule has 1 aromatic carbocycles. The summed E-state index contributed by atoms with van der Waals surface area (Å²) in [7, 11) is 0. The Hall–Kier alpha value is -0.890. The van der Waals surface area contributed by atoms with Crippen molar-refractivity contribution in [3.63, 3.8) is 0 Å². The zero-order chi connectivity index (χ0) is 10.8. The normalized spacial score (nSPS) is 14.1. The molecule has 0 aromatic heterocycles. The molecule has 78 valence electrons. The van der Waals surface area contributed by atoms with Crippen molar-refractivity contribution in [1.82, 2.24) is 0 Å². The van der Waals surface area contributed by atoms with E-state index in [1.807, 2.05) is 38.1 Å². The molecule has 0 radical (unpaired) electrons. The molecule has 0 heterocycles. The van der Waals surface area contributed by atoms with Crippen LogP contribution in [0.25, 0.3) is 0 Å². The fraction of sp³-hybridized carbons (Fsp3) is 0.500. The van der Waals surface area contributed by atoms with Crippen LogP contribution >= 0.6 is 0 Å². The van der Waals surface area contributed by atoms with Crippen molar-refractivity contribution >= 4 is 0 Å². The van der Waals surface area contributed by atoms with Crippen LogP contribution in [0.4, 0.5) is 4.39 Å². The summed E-state index contributed by atoms with van der Waals surface area (Å²) in [6.45, 7) is 5.47. The lowest BCUT2D eigenvalue weighted by molar-refractivity contribution is 0.360. The number of nitrogens with two attached hydrogens (primary N) is 1. The van der Waals surface area contributed by atoms with Crippen LogP contribution in [-0.2, 0) is 12.0 Å². The molecule has 0 saturated heterocycles.